The summed E-state index contributed by atoms with van der Waals surface area (Å²) >= 11 is 0. The zero-order chi connectivity index (χ0) is 13.5. The normalized spacial score (nSPS) is 17.8. The van der Waals surface area contributed by atoms with Crippen molar-refractivity contribution in [1.82, 2.24) is 8.87 Å². The van der Waals surface area contributed by atoms with Crippen LogP contribution in [0.5, 0.6) is 0 Å². The molecule has 5 heteroatoms. The molecule has 0 unspecified atom stereocenters. The molecular formula is C13H22N2O2S. The van der Waals surface area contributed by atoms with E-state index in [9.17, 15) is 8.42 Å². The van der Waals surface area contributed by atoms with E-state index in [1.54, 1.807) is 4.31 Å². The van der Waals surface area contributed by atoms with E-state index in [-0.39, 0.29) is 0 Å². The fraction of sp³-hybridized carbons (Fsp3) is 0.692. The van der Waals surface area contributed by atoms with Crippen LogP contribution >= 0.6 is 0 Å². The SMILES string of the molecule is CC(C)c1cn(C)c2c1CN(S(C)(=O)=O)CCC2. The molecule has 102 valence electrons. The Kier molecular flexibility index (Phi) is 3.56. The minimum atomic E-state index is -3.10. The average molecular weight is 270 g/mol. The highest BCUT2D eigenvalue weighted by Gasteiger charge is 2.26. The highest BCUT2D eigenvalue weighted by Crippen LogP contribution is 2.29. The first-order chi connectivity index (χ1) is 8.30. The Balaban J connectivity index is 2.46. The predicted molar refractivity (Wildman–Crippen MR) is 73.1 cm³/mol. The standard InChI is InChI=1S/C13H22N2O2S/c1-10(2)11-8-14(3)13-6-5-7-15(9-12(11)13)18(4,16)17/h8,10H,5-7,9H2,1-4H3. The lowest BCUT2D eigenvalue weighted by Crippen LogP contribution is -2.29. The molecule has 0 bridgehead atoms. The third-order valence-electron chi connectivity index (χ3n) is 3.70. The van der Waals surface area contributed by atoms with Gasteiger partial charge in [0.1, 0.15) is 0 Å². The Labute approximate surface area is 110 Å². The lowest BCUT2D eigenvalue weighted by atomic mass is 10.00. The predicted octanol–water partition coefficient (Wildman–Crippen LogP) is 1.86. The minimum Gasteiger partial charge on any atom is -0.354 e. The summed E-state index contributed by atoms with van der Waals surface area (Å²) in [5.41, 5.74) is 3.79. The summed E-state index contributed by atoms with van der Waals surface area (Å²) in [6.07, 6.45) is 5.32. The van der Waals surface area contributed by atoms with Gasteiger partial charge in [-0.25, -0.2) is 8.42 Å². The van der Waals surface area contributed by atoms with Gasteiger partial charge in [-0.15, -0.1) is 0 Å². The Hall–Kier alpha value is -0.810. The van der Waals surface area contributed by atoms with Crippen LogP contribution in [0, 0.1) is 0 Å². The van der Waals surface area contributed by atoms with Crippen molar-refractivity contribution in [1.29, 1.82) is 0 Å². The molecule has 1 aromatic rings. The van der Waals surface area contributed by atoms with Crippen molar-refractivity contribution in [3.8, 4) is 0 Å². The van der Waals surface area contributed by atoms with Crippen molar-refractivity contribution in [2.24, 2.45) is 7.05 Å². The van der Waals surface area contributed by atoms with Gasteiger partial charge in [-0.3, -0.25) is 0 Å². The Morgan fingerprint density at radius 2 is 2.00 bits per heavy atom. The second-order valence-corrected chi connectivity index (χ2v) is 7.46. The fourth-order valence-corrected chi connectivity index (χ4v) is 3.54. The summed E-state index contributed by atoms with van der Waals surface area (Å²) in [4.78, 5) is 0. The molecule has 4 nitrogen and oxygen atoms in total. The van der Waals surface area contributed by atoms with Gasteiger partial charge in [0.25, 0.3) is 0 Å². The maximum absolute atomic E-state index is 11.8. The molecular weight excluding hydrogens is 248 g/mol. The van der Waals surface area contributed by atoms with Crippen LogP contribution in [0.3, 0.4) is 0 Å². The van der Waals surface area contributed by atoms with Gasteiger partial charge in [0.15, 0.2) is 0 Å². The van der Waals surface area contributed by atoms with Gasteiger partial charge < -0.3 is 4.57 Å². The van der Waals surface area contributed by atoms with E-state index in [1.807, 2.05) is 0 Å². The van der Waals surface area contributed by atoms with Crippen LogP contribution in [0.25, 0.3) is 0 Å². The average Bonchev–Trinajstić information content (AvgIpc) is 2.47. The first-order valence-corrected chi connectivity index (χ1v) is 8.27. The summed E-state index contributed by atoms with van der Waals surface area (Å²) < 4.78 is 27.3. The van der Waals surface area contributed by atoms with E-state index >= 15 is 0 Å². The van der Waals surface area contributed by atoms with E-state index in [0.29, 0.717) is 19.0 Å². The van der Waals surface area contributed by atoms with Crippen LogP contribution in [0.1, 0.15) is 43.0 Å². The van der Waals surface area contributed by atoms with Gasteiger partial charge in [-0.1, -0.05) is 13.8 Å². The summed E-state index contributed by atoms with van der Waals surface area (Å²) in [5.74, 6) is 0.430. The van der Waals surface area contributed by atoms with Crippen molar-refractivity contribution >= 4 is 10.0 Å². The van der Waals surface area contributed by atoms with Gasteiger partial charge in [0.05, 0.1) is 6.26 Å². The number of aryl methyl sites for hydroxylation is 1. The zero-order valence-corrected chi connectivity index (χ0v) is 12.4. The molecule has 2 heterocycles. The summed E-state index contributed by atoms with van der Waals surface area (Å²) in [6.45, 7) is 5.48. The number of nitrogens with zero attached hydrogens (tertiary/aromatic N) is 2. The minimum absolute atomic E-state index is 0.430. The second-order valence-electron chi connectivity index (χ2n) is 5.48. The van der Waals surface area contributed by atoms with Crippen LogP contribution in [0.15, 0.2) is 6.20 Å². The topological polar surface area (TPSA) is 42.3 Å². The van der Waals surface area contributed by atoms with Gasteiger partial charge in [-0.2, -0.15) is 4.31 Å². The van der Waals surface area contributed by atoms with Crippen molar-refractivity contribution in [3.63, 3.8) is 0 Å². The first-order valence-electron chi connectivity index (χ1n) is 6.42. The van der Waals surface area contributed by atoms with Crippen molar-refractivity contribution in [3.05, 3.63) is 23.0 Å². The lowest BCUT2D eigenvalue weighted by Gasteiger charge is -2.18. The van der Waals surface area contributed by atoms with Crippen molar-refractivity contribution in [2.45, 2.75) is 39.2 Å². The first kappa shape index (κ1) is 13.6. The number of fused-ring (bicyclic) bond motifs is 1. The molecule has 0 fully saturated rings. The number of sulfonamides is 1. The third kappa shape index (κ3) is 2.47. The Morgan fingerprint density at radius 3 is 2.56 bits per heavy atom. The highest BCUT2D eigenvalue weighted by molar-refractivity contribution is 7.88. The maximum Gasteiger partial charge on any atom is 0.211 e. The van der Waals surface area contributed by atoms with Gasteiger partial charge in [0, 0.05) is 32.0 Å². The molecule has 1 aliphatic rings. The van der Waals surface area contributed by atoms with Gasteiger partial charge in [-0.05, 0) is 29.9 Å². The van der Waals surface area contributed by atoms with E-state index in [4.69, 9.17) is 0 Å². The lowest BCUT2D eigenvalue weighted by molar-refractivity contribution is 0.412. The molecule has 1 aromatic heterocycles. The molecule has 0 saturated carbocycles. The smallest absolute Gasteiger partial charge is 0.211 e. The molecule has 0 spiro atoms. The highest BCUT2D eigenvalue weighted by atomic mass is 32.2. The molecule has 0 atom stereocenters. The molecule has 18 heavy (non-hydrogen) atoms. The van der Waals surface area contributed by atoms with Crippen LogP contribution < -0.4 is 0 Å². The number of rotatable bonds is 2. The van der Waals surface area contributed by atoms with Crippen molar-refractivity contribution < 1.29 is 8.42 Å². The fourth-order valence-electron chi connectivity index (χ4n) is 2.71. The molecule has 0 N–H and O–H groups in total. The summed E-state index contributed by atoms with van der Waals surface area (Å²) in [7, 11) is -1.04. The van der Waals surface area contributed by atoms with Gasteiger partial charge in [0.2, 0.25) is 10.0 Å². The van der Waals surface area contributed by atoms with Crippen LogP contribution in [-0.2, 0) is 30.0 Å². The van der Waals surface area contributed by atoms with E-state index < -0.39 is 10.0 Å². The number of hydrogen-bond acceptors (Lipinski definition) is 2. The summed E-state index contributed by atoms with van der Waals surface area (Å²) in [6, 6.07) is 0. The Morgan fingerprint density at radius 1 is 1.33 bits per heavy atom. The van der Waals surface area contributed by atoms with Crippen LogP contribution in [-0.4, -0.2) is 30.1 Å². The second kappa shape index (κ2) is 4.70. The molecule has 2 rings (SSSR count). The van der Waals surface area contributed by atoms with Gasteiger partial charge >= 0.3 is 0 Å². The molecule has 0 amide bonds. The maximum atomic E-state index is 11.8. The molecule has 0 saturated heterocycles. The number of aromatic nitrogens is 1. The molecule has 0 aromatic carbocycles. The quantitative estimate of drug-likeness (QED) is 0.823. The third-order valence-corrected chi connectivity index (χ3v) is 4.95. The van der Waals surface area contributed by atoms with Crippen LogP contribution in [0.4, 0.5) is 0 Å². The molecule has 1 aliphatic heterocycles. The largest absolute Gasteiger partial charge is 0.354 e. The molecule has 0 aliphatic carbocycles. The Bertz CT molecular complexity index is 544. The zero-order valence-electron chi connectivity index (χ0n) is 11.6. The van der Waals surface area contributed by atoms with E-state index in [0.717, 1.165) is 12.8 Å². The summed E-state index contributed by atoms with van der Waals surface area (Å²) in [5, 5.41) is 0. The molecule has 0 radical (unpaired) electrons. The van der Waals surface area contributed by atoms with Crippen LogP contribution in [0.2, 0.25) is 0 Å². The van der Waals surface area contributed by atoms with E-state index in [2.05, 4.69) is 31.7 Å². The van der Waals surface area contributed by atoms with Crippen molar-refractivity contribution in [2.75, 3.05) is 12.8 Å². The van der Waals surface area contributed by atoms with E-state index in [1.165, 1.54) is 23.1 Å². The number of hydrogen-bond donors (Lipinski definition) is 0. The monoisotopic (exact) mass is 270 g/mol.